The number of hydrogen-bond donors (Lipinski definition) is 2. The summed E-state index contributed by atoms with van der Waals surface area (Å²) in [7, 11) is 0. The monoisotopic (exact) mass is 676 g/mol. The van der Waals surface area contributed by atoms with E-state index in [1.807, 2.05) is 84.9 Å². The molecule has 0 saturated heterocycles. The number of alkyl halides is 3. The Kier molecular flexibility index (Phi) is 12.7. The number of benzene rings is 6. The second kappa shape index (κ2) is 17.5. The lowest BCUT2D eigenvalue weighted by Crippen LogP contribution is -2.21. The molecule has 49 heavy (non-hydrogen) atoms. The van der Waals surface area contributed by atoms with Gasteiger partial charge in [-0.3, -0.25) is 0 Å². The van der Waals surface area contributed by atoms with E-state index in [9.17, 15) is 13.2 Å². The third kappa shape index (κ3) is 10.3. The molecular formula is C43H40ClF3N2. The molecule has 0 aliphatic rings. The van der Waals surface area contributed by atoms with Gasteiger partial charge in [0, 0.05) is 41.6 Å². The lowest BCUT2D eigenvalue weighted by molar-refractivity contribution is -0.137. The Balaban J connectivity index is 0.000000192. The van der Waals surface area contributed by atoms with Gasteiger partial charge in [0.2, 0.25) is 0 Å². The highest BCUT2D eigenvalue weighted by molar-refractivity contribution is 6.30. The van der Waals surface area contributed by atoms with Crippen LogP contribution in [0.1, 0.15) is 51.1 Å². The fourth-order valence-electron chi connectivity index (χ4n) is 6.10. The van der Waals surface area contributed by atoms with E-state index < -0.39 is 11.7 Å². The van der Waals surface area contributed by atoms with Crippen LogP contribution in [0.3, 0.4) is 0 Å². The normalized spacial score (nSPS) is 12.4. The van der Waals surface area contributed by atoms with Crippen LogP contribution in [0.2, 0.25) is 5.02 Å². The summed E-state index contributed by atoms with van der Waals surface area (Å²) in [5, 5.41) is 4.14. The van der Waals surface area contributed by atoms with Crippen molar-refractivity contribution < 1.29 is 13.2 Å². The minimum atomic E-state index is -4.31. The molecule has 0 fully saturated rings. The maximum absolute atomic E-state index is 12.8. The fraction of sp³-hybridized carbons (Fsp3) is 0.163. The van der Waals surface area contributed by atoms with Crippen LogP contribution in [0, 0.1) is 0 Å². The van der Waals surface area contributed by atoms with Gasteiger partial charge in [-0.1, -0.05) is 145 Å². The number of halogens is 4. The van der Waals surface area contributed by atoms with E-state index >= 15 is 0 Å². The Morgan fingerprint density at radius 3 is 1.51 bits per heavy atom. The predicted molar refractivity (Wildman–Crippen MR) is 197 cm³/mol. The first kappa shape index (κ1) is 35.5. The van der Waals surface area contributed by atoms with Gasteiger partial charge in [-0.15, -0.1) is 0 Å². The van der Waals surface area contributed by atoms with Crippen molar-refractivity contribution in [1.82, 2.24) is 0 Å². The molecule has 0 heterocycles. The summed E-state index contributed by atoms with van der Waals surface area (Å²) < 4.78 is 38.5. The second-order valence-corrected chi connectivity index (χ2v) is 12.4. The maximum Gasteiger partial charge on any atom is 0.416 e. The number of nitrogens with two attached hydrogens (primary N) is 1. The number of rotatable bonds is 11. The zero-order valence-electron chi connectivity index (χ0n) is 27.1. The zero-order valence-corrected chi connectivity index (χ0v) is 27.9. The number of anilines is 1. The number of hydrogen-bond acceptors (Lipinski definition) is 2. The van der Waals surface area contributed by atoms with Gasteiger partial charge < -0.3 is 11.1 Å². The molecule has 0 bridgehead atoms. The molecule has 0 spiro atoms. The first-order valence-corrected chi connectivity index (χ1v) is 16.7. The molecule has 6 aromatic carbocycles. The van der Waals surface area contributed by atoms with Crippen molar-refractivity contribution >= 4 is 17.3 Å². The van der Waals surface area contributed by atoms with Crippen LogP contribution < -0.4 is 11.1 Å². The van der Waals surface area contributed by atoms with Crippen LogP contribution in [0.25, 0.3) is 0 Å². The standard InChI is InChI=1S/C22H20F3N.C21H20ClN/c23-22(24,25)20-13-11-18(12-14-20)19(15-17-7-3-1-4-8-17)16-26-21-9-5-2-6-10-21;22-19-13-11-16(12-14-19)20(15-23)21(17-7-3-1-4-8-17)18-9-5-2-6-10-18/h1-14,19,26H,15-16H2;1-14,20-21H,15,23H2. The van der Waals surface area contributed by atoms with Crippen LogP contribution in [0.15, 0.2) is 170 Å². The molecule has 2 unspecified atom stereocenters. The molecule has 2 atom stereocenters. The van der Waals surface area contributed by atoms with Crippen LogP contribution >= 0.6 is 11.6 Å². The molecule has 0 radical (unpaired) electrons. The molecule has 0 aliphatic carbocycles. The van der Waals surface area contributed by atoms with Crippen molar-refractivity contribution in [3.8, 4) is 0 Å². The van der Waals surface area contributed by atoms with Gasteiger partial charge in [0.05, 0.1) is 5.56 Å². The Hall–Kier alpha value is -4.84. The number of nitrogens with one attached hydrogen (secondary N) is 1. The Morgan fingerprint density at radius 2 is 1.02 bits per heavy atom. The molecule has 6 rings (SSSR count). The smallest absolute Gasteiger partial charge is 0.384 e. The second-order valence-electron chi connectivity index (χ2n) is 11.9. The lowest BCUT2D eigenvalue weighted by atomic mass is 9.77. The average Bonchev–Trinajstić information content (AvgIpc) is 3.14. The van der Waals surface area contributed by atoms with Gasteiger partial charge >= 0.3 is 6.18 Å². The third-order valence-corrected chi connectivity index (χ3v) is 8.88. The van der Waals surface area contributed by atoms with Crippen LogP contribution in [0.5, 0.6) is 0 Å². The molecule has 0 amide bonds. The largest absolute Gasteiger partial charge is 0.416 e. The van der Waals surface area contributed by atoms with Crippen molar-refractivity contribution in [2.24, 2.45) is 5.73 Å². The van der Waals surface area contributed by atoms with E-state index in [0.717, 1.165) is 40.4 Å². The van der Waals surface area contributed by atoms with Crippen molar-refractivity contribution in [2.75, 3.05) is 18.4 Å². The van der Waals surface area contributed by atoms with Crippen molar-refractivity contribution in [1.29, 1.82) is 0 Å². The third-order valence-electron chi connectivity index (χ3n) is 8.63. The Bertz CT molecular complexity index is 1760. The molecule has 6 aromatic rings. The molecule has 0 aliphatic heterocycles. The molecule has 0 saturated carbocycles. The highest BCUT2D eigenvalue weighted by Crippen LogP contribution is 2.38. The maximum atomic E-state index is 12.8. The van der Waals surface area contributed by atoms with Gasteiger partial charge in [0.15, 0.2) is 0 Å². The summed E-state index contributed by atoms with van der Waals surface area (Å²) >= 11 is 6.04. The fourth-order valence-corrected chi connectivity index (χ4v) is 6.23. The van der Waals surface area contributed by atoms with Crippen LogP contribution in [-0.2, 0) is 12.6 Å². The van der Waals surface area contributed by atoms with Crippen molar-refractivity contribution in [2.45, 2.75) is 30.4 Å². The van der Waals surface area contributed by atoms with Crippen LogP contribution in [-0.4, -0.2) is 13.1 Å². The van der Waals surface area contributed by atoms with Gasteiger partial charge in [-0.25, -0.2) is 0 Å². The predicted octanol–water partition coefficient (Wildman–Crippen LogP) is 11.4. The summed E-state index contributed by atoms with van der Waals surface area (Å²) in [4.78, 5) is 0. The molecule has 250 valence electrons. The molecule has 2 nitrogen and oxygen atoms in total. The SMILES string of the molecule is FC(F)(F)c1ccc(C(CNc2ccccc2)Cc2ccccc2)cc1.NCC(c1ccc(Cl)cc1)C(c1ccccc1)c1ccccc1. The molecule has 6 heteroatoms. The number of para-hydroxylation sites is 1. The summed E-state index contributed by atoms with van der Waals surface area (Å²) in [6, 6.07) is 54.5. The molecular weight excluding hydrogens is 637 g/mol. The van der Waals surface area contributed by atoms with Gasteiger partial charge in [-0.05, 0) is 70.6 Å². The van der Waals surface area contributed by atoms with Crippen molar-refractivity contribution in [3.05, 3.63) is 208 Å². The van der Waals surface area contributed by atoms with Crippen molar-refractivity contribution in [3.63, 3.8) is 0 Å². The summed E-state index contributed by atoms with van der Waals surface area (Å²) in [5.41, 5.74) is 12.4. The first-order valence-electron chi connectivity index (χ1n) is 16.4. The van der Waals surface area contributed by atoms with E-state index in [0.29, 0.717) is 13.1 Å². The summed E-state index contributed by atoms with van der Waals surface area (Å²) in [6.07, 6.45) is -3.55. The average molecular weight is 677 g/mol. The van der Waals surface area contributed by atoms with E-state index in [1.54, 1.807) is 12.1 Å². The summed E-state index contributed by atoms with van der Waals surface area (Å²) in [6.45, 7) is 1.22. The van der Waals surface area contributed by atoms with Gasteiger partial charge in [-0.2, -0.15) is 13.2 Å². The van der Waals surface area contributed by atoms with E-state index in [1.165, 1.54) is 16.7 Å². The Morgan fingerprint density at radius 1 is 0.551 bits per heavy atom. The Labute approximate surface area is 292 Å². The summed E-state index contributed by atoms with van der Waals surface area (Å²) in [5.74, 6) is 0.500. The van der Waals surface area contributed by atoms with Gasteiger partial charge in [0.1, 0.15) is 0 Å². The quantitative estimate of drug-likeness (QED) is 0.143. The van der Waals surface area contributed by atoms with Crippen LogP contribution in [0.4, 0.5) is 18.9 Å². The minimum Gasteiger partial charge on any atom is -0.384 e. The molecule has 3 N–H and O–H groups in total. The van der Waals surface area contributed by atoms with E-state index in [4.69, 9.17) is 17.3 Å². The highest BCUT2D eigenvalue weighted by Gasteiger charge is 2.30. The van der Waals surface area contributed by atoms with E-state index in [2.05, 4.69) is 66.0 Å². The highest BCUT2D eigenvalue weighted by atomic mass is 35.5. The van der Waals surface area contributed by atoms with E-state index in [-0.39, 0.29) is 17.8 Å². The lowest BCUT2D eigenvalue weighted by Gasteiger charge is -2.28. The molecule has 0 aromatic heterocycles. The topological polar surface area (TPSA) is 38.0 Å². The zero-order chi connectivity index (χ0) is 34.5. The minimum absolute atomic E-state index is 0.0693. The van der Waals surface area contributed by atoms with Gasteiger partial charge in [0.25, 0.3) is 0 Å². The first-order chi connectivity index (χ1) is 23.8.